The molecule has 7 N–H and O–H groups in total. The number of Topliss-reactive ketones (excluding diaryl/α,β-unsaturated/α-hetero) is 1. The Balaban J connectivity index is 3.08. The first-order valence-corrected chi connectivity index (χ1v) is 13.3. The van der Waals surface area contributed by atoms with E-state index in [0.717, 1.165) is 0 Å². The number of carboxylic acid groups (broad SMARTS) is 3. The number of halogens is 1. The Kier molecular flexibility index (Phi) is 15.5. The predicted molar refractivity (Wildman–Crippen MR) is 147 cm³/mol. The number of aliphatic carboxylic acids is 3. The number of carbonyl (C=O) groups is 8. The van der Waals surface area contributed by atoms with E-state index >= 15 is 0 Å². The molecule has 17 heteroatoms. The van der Waals surface area contributed by atoms with Gasteiger partial charge >= 0.3 is 24.0 Å². The lowest BCUT2D eigenvalue weighted by atomic mass is 10.0. The number of alkyl carbamates (subject to hydrolysis) is 1. The molecule has 0 bridgehead atoms. The molecular weight excluding hydrogens is 591 g/mol. The van der Waals surface area contributed by atoms with Crippen LogP contribution >= 0.6 is 0 Å². The number of nitrogens with one attached hydrogen (secondary N) is 4. The van der Waals surface area contributed by atoms with Gasteiger partial charge < -0.3 is 41.3 Å². The van der Waals surface area contributed by atoms with Gasteiger partial charge in [0.05, 0.1) is 12.8 Å². The highest BCUT2D eigenvalue weighted by atomic mass is 19.1. The number of rotatable bonds is 19. The van der Waals surface area contributed by atoms with Gasteiger partial charge in [0.2, 0.25) is 17.7 Å². The molecule has 16 nitrogen and oxygen atoms in total. The highest BCUT2D eigenvalue weighted by molar-refractivity contribution is 5.97. The van der Waals surface area contributed by atoms with Gasteiger partial charge in [-0.2, -0.15) is 0 Å². The summed E-state index contributed by atoms with van der Waals surface area (Å²) in [5.41, 5.74) is 0.597. The van der Waals surface area contributed by atoms with Gasteiger partial charge in [-0.25, -0.2) is 9.18 Å². The molecule has 1 aromatic rings. The molecule has 0 saturated heterocycles. The van der Waals surface area contributed by atoms with E-state index in [0.29, 0.717) is 5.56 Å². The minimum Gasteiger partial charge on any atom is -0.481 e. The Morgan fingerprint density at radius 3 is 1.80 bits per heavy atom. The van der Waals surface area contributed by atoms with Crippen molar-refractivity contribution < 1.29 is 62.8 Å². The van der Waals surface area contributed by atoms with Crippen LogP contribution in [0.3, 0.4) is 0 Å². The van der Waals surface area contributed by atoms with Gasteiger partial charge in [0.15, 0.2) is 5.78 Å². The number of amides is 4. The van der Waals surface area contributed by atoms with Gasteiger partial charge in [0.1, 0.15) is 37.4 Å². The number of hydrogen-bond donors (Lipinski definition) is 7. The third-order valence-corrected chi connectivity index (χ3v) is 5.94. The number of hydrogen-bond acceptors (Lipinski definition) is 9. The molecule has 0 aromatic heterocycles. The highest BCUT2D eigenvalue weighted by Gasteiger charge is 2.34. The first-order chi connectivity index (χ1) is 20.6. The Hall–Kier alpha value is -5.09. The number of carboxylic acids is 3. The molecule has 0 aliphatic carbocycles. The molecule has 0 radical (unpaired) electrons. The number of benzene rings is 1. The zero-order valence-corrected chi connectivity index (χ0v) is 23.9. The monoisotopic (exact) mass is 626 g/mol. The maximum atomic E-state index is 13.1. The molecule has 0 fully saturated rings. The average molecular weight is 627 g/mol. The zero-order chi connectivity index (χ0) is 33.4. The van der Waals surface area contributed by atoms with Crippen LogP contribution in [0.4, 0.5) is 9.18 Å². The Bertz CT molecular complexity index is 1210. The first-order valence-electron chi connectivity index (χ1n) is 13.3. The van der Waals surface area contributed by atoms with Crippen molar-refractivity contribution in [3.63, 3.8) is 0 Å². The van der Waals surface area contributed by atoms with Crippen LogP contribution in [0.2, 0.25) is 0 Å². The Morgan fingerprint density at radius 2 is 1.27 bits per heavy atom. The average Bonchev–Trinajstić information content (AvgIpc) is 2.95. The minimum atomic E-state index is -1.76. The lowest BCUT2D eigenvalue weighted by Gasteiger charge is -2.27. The van der Waals surface area contributed by atoms with Crippen LogP contribution in [0, 0.1) is 5.92 Å². The predicted octanol–water partition coefficient (Wildman–Crippen LogP) is -0.255. The van der Waals surface area contributed by atoms with Crippen molar-refractivity contribution in [2.24, 2.45) is 5.92 Å². The van der Waals surface area contributed by atoms with Crippen molar-refractivity contribution in [2.45, 2.75) is 70.3 Å². The summed E-state index contributed by atoms with van der Waals surface area (Å²) in [5.74, 6) is -9.64. The van der Waals surface area contributed by atoms with Crippen LogP contribution in [-0.4, -0.2) is 93.7 Å². The van der Waals surface area contributed by atoms with E-state index < -0.39 is 110 Å². The van der Waals surface area contributed by atoms with Gasteiger partial charge in [-0.3, -0.25) is 33.6 Å². The van der Waals surface area contributed by atoms with E-state index in [9.17, 15) is 47.9 Å². The van der Waals surface area contributed by atoms with E-state index in [1.807, 2.05) is 0 Å². The summed E-state index contributed by atoms with van der Waals surface area (Å²) in [6.45, 7) is 1.16. The molecule has 1 rings (SSSR count). The van der Waals surface area contributed by atoms with Gasteiger partial charge in [-0.15, -0.1) is 0 Å². The normalized spacial score (nSPS) is 13.4. The second-order valence-electron chi connectivity index (χ2n) is 9.84. The standard InChI is InChI=1S/C27H35FN4O12/c1-14(2)23(26(42)30-17(10-21(36)37)19(33)12-28)32-24(40)16(8-9-20(34)35)29-25(41)18(11-22(38)39)31-27(43)44-13-15-6-4-3-5-7-15/h3-7,14,16-18,23H,8-13H2,1-2H3,(H,29,41)(H,30,42)(H,31,43)(H,32,40)(H,34,35)(H,36,37)(H,38,39)/t16-,17-,18-,23-/m0/s1. The molecule has 0 unspecified atom stereocenters. The summed E-state index contributed by atoms with van der Waals surface area (Å²) in [5, 5.41) is 35.9. The summed E-state index contributed by atoms with van der Waals surface area (Å²) in [7, 11) is 0. The molecule has 4 atom stereocenters. The molecule has 0 aliphatic heterocycles. The molecule has 1 aromatic carbocycles. The van der Waals surface area contributed by atoms with Gasteiger partial charge in [0, 0.05) is 6.42 Å². The fourth-order valence-corrected chi connectivity index (χ4v) is 3.66. The Morgan fingerprint density at radius 1 is 0.727 bits per heavy atom. The molecule has 0 saturated carbocycles. The van der Waals surface area contributed by atoms with Crippen molar-refractivity contribution in [1.82, 2.24) is 21.3 Å². The quantitative estimate of drug-likeness (QED) is 0.105. The van der Waals surface area contributed by atoms with Crippen LogP contribution in [0.15, 0.2) is 30.3 Å². The smallest absolute Gasteiger partial charge is 0.408 e. The minimum absolute atomic E-state index is 0.208. The first kappa shape index (κ1) is 36.9. The van der Waals surface area contributed by atoms with Gasteiger partial charge in [0.25, 0.3) is 0 Å². The lowest BCUT2D eigenvalue weighted by Crippen LogP contribution is -2.59. The molecular formula is C27H35FN4O12. The topological polar surface area (TPSA) is 255 Å². The van der Waals surface area contributed by atoms with E-state index in [-0.39, 0.29) is 6.61 Å². The summed E-state index contributed by atoms with van der Waals surface area (Å²) in [6, 6.07) is 1.78. The van der Waals surface area contributed by atoms with Crippen molar-refractivity contribution >= 4 is 47.5 Å². The zero-order valence-electron chi connectivity index (χ0n) is 23.9. The summed E-state index contributed by atoms with van der Waals surface area (Å²) in [4.78, 5) is 96.6. The van der Waals surface area contributed by atoms with E-state index in [1.165, 1.54) is 13.8 Å². The van der Waals surface area contributed by atoms with Crippen LogP contribution < -0.4 is 21.3 Å². The van der Waals surface area contributed by atoms with Crippen molar-refractivity contribution in [1.29, 1.82) is 0 Å². The molecule has 4 amide bonds. The molecule has 0 heterocycles. The summed E-state index contributed by atoms with van der Waals surface area (Å²) < 4.78 is 17.9. The summed E-state index contributed by atoms with van der Waals surface area (Å²) in [6.07, 6.45) is -4.21. The maximum absolute atomic E-state index is 13.1. The largest absolute Gasteiger partial charge is 0.481 e. The number of carbonyl (C=O) groups excluding carboxylic acids is 5. The van der Waals surface area contributed by atoms with Crippen LogP contribution in [0.5, 0.6) is 0 Å². The van der Waals surface area contributed by atoms with Crippen molar-refractivity contribution in [3.05, 3.63) is 35.9 Å². The molecule has 242 valence electrons. The van der Waals surface area contributed by atoms with E-state index in [4.69, 9.17) is 14.9 Å². The number of ether oxygens (including phenoxy) is 1. The third kappa shape index (κ3) is 13.7. The molecule has 0 spiro atoms. The second kappa shape index (κ2) is 18.4. The van der Waals surface area contributed by atoms with Gasteiger partial charge in [-0.05, 0) is 17.9 Å². The summed E-state index contributed by atoms with van der Waals surface area (Å²) >= 11 is 0. The SMILES string of the molecule is CC(C)[C@H](NC(=O)[C@H](CCC(=O)O)NC(=O)[C@H](CC(=O)O)NC(=O)OCc1ccccc1)C(=O)N[C@@H](CC(=O)O)C(=O)CF. The highest BCUT2D eigenvalue weighted by Crippen LogP contribution is 2.08. The number of ketones is 1. The van der Waals surface area contributed by atoms with Crippen molar-refractivity contribution in [2.75, 3.05) is 6.67 Å². The van der Waals surface area contributed by atoms with Crippen molar-refractivity contribution in [3.8, 4) is 0 Å². The third-order valence-electron chi connectivity index (χ3n) is 5.94. The second-order valence-corrected chi connectivity index (χ2v) is 9.84. The lowest BCUT2D eigenvalue weighted by molar-refractivity contribution is -0.142. The Labute approximate surface area is 250 Å². The molecule has 44 heavy (non-hydrogen) atoms. The fourth-order valence-electron chi connectivity index (χ4n) is 3.66. The maximum Gasteiger partial charge on any atom is 0.408 e. The van der Waals surface area contributed by atoms with Crippen LogP contribution in [0.1, 0.15) is 45.1 Å². The molecule has 0 aliphatic rings. The van der Waals surface area contributed by atoms with Gasteiger partial charge in [-0.1, -0.05) is 44.2 Å². The number of alkyl halides is 1. The van der Waals surface area contributed by atoms with Crippen LogP contribution in [-0.2, 0) is 44.9 Å². The van der Waals surface area contributed by atoms with Crippen LogP contribution in [0.25, 0.3) is 0 Å². The van der Waals surface area contributed by atoms with E-state index in [1.54, 1.807) is 30.3 Å². The fraction of sp³-hybridized carbons (Fsp3) is 0.481. The van der Waals surface area contributed by atoms with E-state index in [2.05, 4.69) is 21.3 Å².